The molecule has 0 aliphatic carbocycles. The second-order valence-corrected chi connectivity index (χ2v) is 12.2. The largest absolute Gasteiger partial charge is 0.493 e. The monoisotopic (exact) mass is 567 g/mol. The summed E-state index contributed by atoms with van der Waals surface area (Å²) in [6.07, 6.45) is 2.78. The first kappa shape index (κ1) is 30.8. The van der Waals surface area contributed by atoms with E-state index in [-0.39, 0.29) is 29.9 Å². The quantitative estimate of drug-likeness (QED) is 0.308. The average Bonchev–Trinajstić information content (AvgIpc) is 3.33. The maximum atomic E-state index is 13.7. The summed E-state index contributed by atoms with van der Waals surface area (Å²) in [5.74, 6) is 1.44. The molecule has 0 N–H and O–H groups in total. The third-order valence-corrected chi connectivity index (χ3v) is 8.10. The van der Waals surface area contributed by atoms with Gasteiger partial charge in [0.05, 0.1) is 19.1 Å². The molecule has 0 spiro atoms. The van der Waals surface area contributed by atoms with Gasteiger partial charge in [-0.25, -0.2) is 9.18 Å². The summed E-state index contributed by atoms with van der Waals surface area (Å²) in [5.41, 5.74) is 1.88. The molecule has 2 fully saturated rings. The molecule has 8 heteroatoms. The Morgan fingerprint density at radius 2 is 1.66 bits per heavy atom. The Balaban J connectivity index is 1.33. The molecule has 2 aromatic rings. The molecule has 0 aromatic heterocycles. The van der Waals surface area contributed by atoms with Crippen molar-refractivity contribution in [2.24, 2.45) is 11.8 Å². The number of cyclic esters (lactones) is 1. The highest BCUT2D eigenvalue weighted by atomic mass is 19.1. The Bertz CT molecular complexity index is 1110. The van der Waals surface area contributed by atoms with Crippen LogP contribution in [0.3, 0.4) is 0 Å². The molecule has 2 heterocycles. The van der Waals surface area contributed by atoms with Crippen molar-refractivity contribution >= 4 is 12.0 Å². The molecule has 224 valence electrons. The van der Waals surface area contributed by atoms with E-state index in [0.29, 0.717) is 44.6 Å². The van der Waals surface area contributed by atoms with Crippen LogP contribution in [0.5, 0.6) is 5.75 Å². The normalized spacial score (nSPS) is 18.3. The van der Waals surface area contributed by atoms with E-state index in [0.717, 1.165) is 55.8 Å². The molecule has 2 amide bonds. The maximum Gasteiger partial charge on any atom is 0.410 e. The number of benzene rings is 2. The maximum absolute atomic E-state index is 13.7. The lowest BCUT2D eigenvalue weighted by atomic mass is 10.00. The zero-order valence-electron chi connectivity index (χ0n) is 25.1. The Morgan fingerprint density at radius 3 is 2.29 bits per heavy atom. The van der Waals surface area contributed by atoms with Gasteiger partial charge >= 0.3 is 6.09 Å². The van der Waals surface area contributed by atoms with Crippen molar-refractivity contribution in [1.29, 1.82) is 0 Å². The van der Waals surface area contributed by atoms with Crippen LogP contribution in [0, 0.1) is 17.7 Å². The number of likely N-dealkylation sites (tertiary alicyclic amines) is 1. The third-order valence-electron chi connectivity index (χ3n) is 8.10. The zero-order chi connectivity index (χ0) is 29.4. The minimum Gasteiger partial charge on any atom is -0.493 e. The van der Waals surface area contributed by atoms with Crippen LogP contribution in [0.15, 0.2) is 48.5 Å². The van der Waals surface area contributed by atoms with Crippen molar-refractivity contribution in [2.45, 2.75) is 72.0 Å². The van der Waals surface area contributed by atoms with Crippen LogP contribution in [-0.2, 0) is 22.5 Å². The number of rotatable bonds is 13. The van der Waals surface area contributed by atoms with E-state index < -0.39 is 0 Å². The van der Waals surface area contributed by atoms with Crippen molar-refractivity contribution in [1.82, 2.24) is 14.7 Å². The third kappa shape index (κ3) is 8.93. The molecule has 1 unspecified atom stereocenters. The fourth-order valence-corrected chi connectivity index (χ4v) is 5.64. The van der Waals surface area contributed by atoms with Gasteiger partial charge in [-0.05, 0) is 73.0 Å². The van der Waals surface area contributed by atoms with E-state index in [2.05, 4.69) is 32.6 Å². The summed E-state index contributed by atoms with van der Waals surface area (Å²) >= 11 is 0. The van der Waals surface area contributed by atoms with E-state index in [9.17, 15) is 14.0 Å². The lowest BCUT2D eigenvalue weighted by molar-refractivity contribution is -0.134. The highest BCUT2D eigenvalue weighted by molar-refractivity contribution is 5.79. The van der Waals surface area contributed by atoms with Crippen molar-refractivity contribution in [2.75, 3.05) is 39.4 Å². The second kappa shape index (κ2) is 14.7. The predicted octanol–water partition coefficient (Wildman–Crippen LogP) is 5.76. The number of amides is 2. The van der Waals surface area contributed by atoms with Gasteiger partial charge in [0.25, 0.3) is 0 Å². The first-order valence-corrected chi connectivity index (χ1v) is 15.1. The molecule has 2 aliphatic heterocycles. The summed E-state index contributed by atoms with van der Waals surface area (Å²) in [6, 6.07) is 14.5. The van der Waals surface area contributed by atoms with Crippen LogP contribution < -0.4 is 4.74 Å². The molecule has 2 aliphatic rings. The van der Waals surface area contributed by atoms with Gasteiger partial charge in [0, 0.05) is 32.2 Å². The fraction of sp³-hybridized carbons (Fsp3) is 0.576. The SMILES string of the molecule is CC(C)COc1ccc(CC(=O)N(Cc2ccc(F)cc2)C2CCN(CCCN3C(=O)OCC3C(C)C)CC2)cc1. The molecule has 2 aromatic carbocycles. The Morgan fingerprint density at radius 1 is 1.00 bits per heavy atom. The number of piperidine rings is 1. The molecule has 1 atom stereocenters. The Hall–Kier alpha value is -3.13. The average molecular weight is 568 g/mol. The van der Waals surface area contributed by atoms with Gasteiger partial charge in [0.1, 0.15) is 18.2 Å². The molecule has 2 saturated heterocycles. The zero-order valence-corrected chi connectivity index (χ0v) is 25.1. The van der Waals surface area contributed by atoms with Crippen LogP contribution in [0.25, 0.3) is 0 Å². The van der Waals surface area contributed by atoms with Gasteiger partial charge in [-0.2, -0.15) is 0 Å². The summed E-state index contributed by atoms with van der Waals surface area (Å²) in [5, 5.41) is 0. The molecule has 0 bridgehead atoms. The summed E-state index contributed by atoms with van der Waals surface area (Å²) < 4.78 is 24.6. The first-order chi connectivity index (χ1) is 19.7. The highest BCUT2D eigenvalue weighted by Gasteiger charge is 2.34. The molecule has 0 radical (unpaired) electrons. The molecular formula is C33H46FN3O4. The number of ether oxygens (including phenoxy) is 2. The van der Waals surface area contributed by atoms with Gasteiger partial charge in [-0.1, -0.05) is 52.0 Å². The topological polar surface area (TPSA) is 62.3 Å². The standard InChI is InChI=1S/C33H46FN3O4/c1-24(2)22-40-30-12-8-26(9-13-30)20-32(38)37(21-27-6-10-28(34)11-7-27)29-14-18-35(19-15-29)16-5-17-36-31(25(3)4)23-41-33(36)39/h6-13,24-25,29,31H,5,14-23H2,1-4H3. The second-order valence-electron chi connectivity index (χ2n) is 12.2. The summed E-state index contributed by atoms with van der Waals surface area (Å²) in [6.45, 7) is 13.5. The number of halogens is 1. The van der Waals surface area contributed by atoms with E-state index in [4.69, 9.17) is 9.47 Å². The molecule has 4 rings (SSSR count). The van der Waals surface area contributed by atoms with Crippen LogP contribution in [0.4, 0.5) is 9.18 Å². The van der Waals surface area contributed by atoms with Crippen LogP contribution in [0.1, 0.15) is 58.1 Å². The van der Waals surface area contributed by atoms with Crippen LogP contribution in [-0.4, -0.2) is 78.2 Å². The number of carbonyl (C=O) groups is 2. The molecular weight excluding hydrogens is 521 g/mol. The van der Waals surface area contributed by atoms with Gasteiger partial charge in [-0.3, -0.25) is 4.79 Å². The number of hydrogen-bond acceptors (Lipinski definition) is 5. The van der Waals surface area contributed by atoms with E-state index in [1.165, 1.54) is 12.1 Å². The lowest BCUT2D eigenvalue weighted by Crippen LogP contribution is -2.48. The smallest absolute Gasteiger partial charge is 0.410 e. The van der Waals surface area contributed by atoms with Crippen LogP contribution in [0.2, 0.25) is 0 Å². The minimum atomic E-state index is -0.276. The minimum absolute atomic E-state index is 0.0795. The predicted molar refractivity (Wildman–Crippen MR) is 158 cm³/mol. The molecule has 0 saturated carbocycles. The van der Waals surface area contributed by atoms with E-state index >= 15 is 0 Å². The summed E-state index contributed by atoms with van der Waals surface area (Å²) in [4.78, 5) is 32.1. The van der Waals surface area contributed by atoms with Crippen molar-refractivity contribution in [3.05, 3.63) is 65.5 Å². The number of hydrogen-bond donors (Lipinski definition) is 0. The number of carbonyl (C=O) groups excluding carboxylic acids is 2. The van der Waals surface area contributed by atoms with E-state index in [1.54, 1.807) is 12.1 Å². The van der Waals surface area contributed by atoms with Crippen molar-refractivity contribution in [3.8, 4) is 5.75 Å². The van der Waals surface area contributed by atoms with Gasteiger partial charge in [0.15, 0.2) is 0 Å². The summed E-state index contributed by atoms with van der Waals surface area (Å²) in [7, 11) is 0. The number of nitrogens with zero attached hydrogens (tertiary/aromatic N) is 3. The van der Waals surface area contributed by atoms with Gasteiger partial charge in [-0.15, -0.1) is 0 Å². The van der Waals surface area contributed by atoms with Gasteiger partial charge < -0.3 is 24.2 Å². The van der Waals surface area contributed by atoms with Crippen LogP contribution >= 0.6 is 0 Å². The first-order valence-electron chi connectivity index (χ1n) is 15.1. The Kier molecular flexibility index (Phi) is 11.0. The van der Waals surface area contributed by atoms with Gasteiger partial charge in [0.2, 0.25) is 5.91 Å². The fourth-order valence-electron chi connectivity index (χ4n) is 5.64. The van der Waals surface area contributed by atoms with E-state index in [1.807, 2.05) is 34.1 Å². The van der Waals surface area contributed by atoms with Crippen molar-refractivity contribution < 1.29 is 23.5 Å². The molecule has 41 heavy (non-hydrogen) atoms. The molecule has 7 nitrogen and oxygen atoms in total. The van der Waals surface area contributed by atoms with Crippen molar-refractivity contribution in [3.63, 3.8) is 0 Å². The lowest BCUT2D eigenvalue weighted by Gasteiger charge is -2.39. The Labute approximate surface area is 244 Å². The highest BCUT2D eigenvalue weighted by Crippen LogP contribution is 2.23.